The predicted octanol–water partition coefficient (Wildman–Crippen LogP) is 5.14. The van der Waals surface area contributed by atoms with Crippen LogP contribution in [0.4, 0.5) is 0 Å². The molecule has 2 fully saturated rings. The van der Waals surface area contributed by atoms with Crippen molar-refractivity contribution in [2.45, 2.75) is 50.9 Å². The summed E-state index contributed by atoms with van der Waals surface area (Å²) < 4.78 is 7.15. The Hall–Kier alpha value is -4.81. The van der Waals surface area contributed by atoms with Crippen LogP contribution in [0.25, 0.3) is 39.2 Å². The Kier molecular flexibility index (Phi) is 10.3. The fourth-order valence-electron chi connectivity index (χ4n) is 6.65. The Morgan fingerprint density at radius 1 is 0.784 bits per heavy atom. The molecule has 2 aliphatic rings. The molecule has 2 aliphatic heterocycles. The van der Waals surface area contributed by atoms with Crippen molar-refractivity contribution in [2.24, 2.45) is 0 Å². The summed E-state index contributed by atoms with van der Waals surface area (Å²) in [6.45, 7) is 2.24. The van der Waals surface area contributed by atoms with Gasteiger partial charge in [0.15, 0.2) is 0 Å². The van der Waals surface area contributed by atoms with Crippen LogP contribution in [0.5, 0.6) is 5.88 Å². The molecule has 51 heavy (non-hydrogen) atoms. The second kappa shape index (κ2) is 15.2. The zero-order valence-corrected chi connectivity index (χ0v) is 29.5. The zero-order chi connectivity index (χ0) is 35.5. The Balaban J connectivity index is 1.10. The number of benzene rings is 2. The number of fused-ring (bicyclic) bond motifs is 1. The molecule has 4 N–H and O–H groups in total. The van der Waals surface area contributed by atoms with Gasteiger partial charge in [0.2, 0.25) is 17.7 Å². The SMILES string of the molecule is COc1nc(-c2cccc(-c3cccc(-c4ccc5nc(CNCC6CCC(=O)N6)cc(=O)n5c4)c3Cl)c2Cl)ccc1CNCC1CCC(=O)N1. The van der Waals surface area contributed by atoms with E-state index in [2.05, 4.69) is 26.3 Å². The fraction of sp³-hybridized carbons (Fsp3) is 0.289. The van der Waals surface area contributed by atoms with E-state index in [1.165, 1.54) is 10.5 Å². The van der Waals surface area contributed by atoms with Gasteiger partial charge >= 0.3 is 0 Å². The highest BCUT2D eigenvalue weighted by Crippen LogP contribution is 2.42. The van der Waals surface area contributed by atoms with Gasteiger partial charge in [-0.15, -0.1) is 0 Å². The second-order valence-electron chi connectivity index (χ2n) is 12.8. The zero-order valence-electron chi connectivity index (χ0n) is 28.0. The first-order chi connectivity index (χ1) is 24.8. The molecule has 2 unspecified atom stereocenters. The Morgan fingerprint density at radius 2 is 1.41 bits per heavy atom. The molecule has 2 aromatic carbocycles. The van der Waals surface area contributed by atoms with Gasteiger partial charge in [0, 0.05) is 96.7 Å². The minimum Gasteiger partial charge on any atom is -0.481 e. The lowest BCUT2D eigenvalue weighted by Gasteiger charge is -2.16. The maximum Gasteiger partial charge on any atom is 0.258 e. The van der Waals surface area contributed by atoms with Crippen molar-refractivity contribution in [2.75, 3.05) is 20.2 Å². The molecule has 0 bridgehead atoms. The minimum atomic E-state index is -0.206. The van der Waals surface area contributed by atoms with E-state index in [0.29, 0.717) is 72.0 Å². The molecule has 0 radical (unpaired) electrons. The van der Waals surface area contributed by atoms with Gasteiger partial charge in [0.05, 0.1) is 28.5 Å². The van der Waals surface area contributed by atoms with Crippen LogP contribution in [0.15, 0.2) is 77.7 Å². The Morgan fingerprint density at radius 3 is 2.06 bits per heavy atom. The summed E-state index contributed by atoms with van der Waals surface area (Å²) in [7, 11) is 1.59. The van der Waals surface area contributed by atoms with Crippen molar-refractivity contribution in [3.05, 3.63) is 105 Å². The van der Waals surface area contributed by atoms with Gasteiger partial charge in [-0.05, 0) is 31.0 Å². The standard InChI is InChI=1S/C38H37Cl2N7O4/c1-51-38-22(17-41-18-24-10-14-33(48)44-24)8-12-31(46-38)30-7-3-6-29(37(30)40)28-5-2-4-27(36(28)39)23-9-13-32-43-26(16-35(50)47(32)21-23)20-42-19-25-11-15-34(49)45-25/h2-9,12-13,16,21,24-25,41-42H,10-11,14-15,17-20H2,1H3,(H,44,48)(H,45,49). The third kappa shape index (κ3) is 7.62. The van der Waals surface area contributed by atoms with Crippen molar-refractivity contribution in [1.82, 2.24) is 35.6 Å². The van der Waals surface area contributed by atoms with Gasteiger partial charge in [0.25, 0.3) is 5.56 Å². The molecule has 5 heterocycles. The topological polar surface area (TPSA) is 139 Å². The van der Waals surface area contributed by atoms with Crippen molar-refractivity contribution < 1.29 is 14.3 Å². The molecular formula is C38H37Cl2N7O4. The Labute approximate surface area is 304 Å². The average molecular weight is 727 g/mol. The van der Waals surface area contributed by atoms with E-state index in [1.54, 1.807) is 19.4 Å². The van der Waals surface area contributed by atoms with Crippen LogP contribution >= 0.6 is 23.2 Å². The third-order valence-corrected chi connectivity index (χ3v) is 10.1. The summed E-state index contributed by atoms with van der Waals surface area (Å²) in [4.78, 5) is 45.6. The first-order valence-electron chi connectivity index (χ1n) is 16.9. The van der Waals surface area contributed by atoms with E-state index in [-0.39, 0.29) is 29.5 Å². The maximum atomic E-state index is 13.2. The summed E-state index contributed by atoms with van der Waals surface area (Å²) in [6.07, 6.45) is 4.48. The molecule has 262 valence electrons. The molecule has 0 aliphatic carbocycles. The summed E-state index contributed by atoms with van der Waals surface area (Å²) in [6, 6.07) is 20.8. The number of nitrogens with zero attached hydrogens (tertiary/aromatic N) is 3. The van der Waals surface area contributed by atoms with Gasteiger partial charge in [-0.3, -0.25) is 18.8 Å². The first kappa shape index (κ1) is 34.6. The van der Waals surface area contributed by atoms with E-state index in [9.17, 15) is 14.4 Å². The van der Waals surface area contributed by atoms with Gasteiger partial charge in [-0.25, -0.2) is 9.97 Å². The number of carbonyl (C=O) groups is 2. The summed E-state index contributed by atoms with van der Waals surface area (Å²) in [5.41, 5.74) is 6.17. The smallest absolute Gasteiger partial charge is 0.258 e. The molecule has 2 amide bonds. The summed E-state index contributed by atoms with van der Waals surface area (Å²) >= 11 is 14.2. The quantitative estimate of drug-likeness (QED) is 0.139. The lowest BCUT2D eigenvalue weighted by molar-refractivity contribution is -0.120. The van der Waals surface area contributed by atoms with Crippen molar-refractivity contribution >= 4 is 40.7 Å². The molecule has 3 aromatic heterocycles. The molecule has 13 heteroatoms. The Bertz CT molecular complexity index is 2190. The molecule has 11 nitrogen and oxygen atoms in total. The number of ether oxygens (including phenoxy) is 1. The first-order valence-corrected chi connectivity index (χ1v) is 17.7. The number of amides is 2. The van der Waals surface area contributed by atoms with Crippen LogP contribution in [0, 0.1) is 0 Å². The highest BCUT2D eigenvalue weighted by Gasteiger charge is 2.22. The number of carbonyl (C=O) groups excluding carboxylic acids is 2. The lowest BCUT2D eigenvalue weighted by Crippen LogP contribution is -2.35. The maximum absolute atomic E-state index is 13.2. The third-order valence-electron chi connectivity index (χ3n) is 9.29. The molecular weight excluding hydrogens is 689 g/mol. The van der Waals surface area contributed by atoms with E-state index < -0.39 is 0 Å². The van der Waals surface area contributed by atoms with Crippen molar-refractivity contribution in [1.29, 1.82) is 0 Å². The monoisotopic (exact) mass is 725 g/mol. The number of nitrogens with one attached hydrogen (secondary N) is 4. The highest BCUT2D eigenvalue weighted by molar-refractivity contribution is 6.39. The summed E-state index contributed by atoms with van der Waals surface area (Å²) in [5.74, 6) is 0.647. The number of methoxy groups -OCH3 is 1. The fourth-order valence-corrected chi connectivity index (χ4v) is 7.31. The van der Waals surface area contributed by atoms with Gasteiger partial charge in [-0.2, -0.15) is 0 Å². The van der Waals surface area contributed by atoms with Crippen LogP contribution in [0.3, 0.4) is 0 Å². The number of halogens is 2. The molecule has 0 spiro atoms. The van der Waals surface area contributed by atoms with Gasteiger partial charge in [-0.1, -0.05) is 65.7 Å². The number of pyridine rings is 2. The lowest BCUT2D eigenvalue weighted by atomic mass is 9.97. The molecule has 0 saturated carbocycles. The van der Waals surface area contributed by atoms with Crippen molar-refractivity contribution in [3.63, 3.8) is 0 Å². The van der Waals surface area contributed by atoms with Gasteiger partial charge < -0.3 is 26.0 Å². The largest absolute Gasteiger partial charge is 0.481 e. The van der Waals surface area contributed by atoms with Gasteiger partial charge in [0.1, 0.15) is 5.65 Å². The number of hydrogen-bond acceptors (Lipinski definition) is 8. The molecule has 7 rings (SSSR count). The summed E-state index contributed by atoms with van der Waals surface area (Å²) in [5, 5.41) is 13.6. The van der Waals surface area contributed by atoms with Crippen LogP contribution in [-0.2, 0) is 22.7 Å². The van der Waals surface area contributed by atoms with Crippen LogP contribution < -0.4 is 31.6 Å². The van der Waals surface area contributed by atoms with Crippen LogP contribution in [-0.4, -0.2) is 58.5 Å². The van der Waals surface area contributed by atoms with E-state index >= 15 is 0 Å². The average Bonchev–Trinajstić information content (AvgIpc) is 3.75. The molecule has 2 saturated heterocycles. The molecule has 5 aromatic rings. The molecule has 2 atom stereocenters. The highest BCUT2D eigenvalue weighted by atomic mass is 35.5. The number of aromatic nitrogens is 3. The minimum absolute atomic E-state index is 0.0696. The van der Waals surface area contributed by atoms with E-state index in [4.69, 9.17) is 32.9 Å². The van der Waals surface area contributed by atoms with E-state index in [1.807, 2.05) is 54.6 Å². The van der Waals surface area contributed by atoms with E-state index in [0.717, 1.165) is 46.2 Å². The van der Waals surface area contributed by atoms with Crippen molar-refractivity contribution in [3.8, 4) is 39.4 Å². The van der Waals surface area contributed by atoms with Crippen LogP contribution in [0.2, 0.25) is 10.0 Å². The normalized spacial score (nSPS) is 17.2. The second-order valence-corrected chi connectivity index (χ2v) is 13.6. The number of rotatable bonds is 12. The predicted molar refractivity (Wildman–Crippen MR) is 198 cm³/mol. The van der Waals surface area contributed by atoms with Crippen LogP contribution in [0.1, 0.15) is 36.9 Å². The number of hydrogen-bond donors (Lipinski definition) is 4.